The van der Waals surface area contributed by atoms with Crippen molar-refractivity contribution in [1.82, 2.24) is 0 Å². The number of aryl methyl sites for hydroxylation is 1. The summed E-state index contributed by atoms with van der Waals surface area (Å²) in [7, 11) is -3.32. The van der Waals surface area contributed by atoms with Crippen LogP contribution in [0.15, 0.2) is 28.5 Å². The van der Waals surface area contributed by atoms with Crippen molar-refractivity contribution in [3.63, 3.8) is 0 Å². The van der Waals surface area contributed by atoms with E-state index in [4.69, 9.17) is 11.6 Å². The van der Waals surface area contributed by atoms with Crippen LogP contribution in [0.5, 0.6) is 0 Å². The molecule has 4 nitrogen and oxygen atoms in total. The largest absolute Gasteiger partial charge is 0.317 e. The molecule has 0 aliphatic rings. The van der Waals surface area contributed by atoms with Crippen LogP contribution in [-0.2, 0) is 21.1 Å². The Kier molecular flexibility index (Phi) is 4.85. The third kappa shape index (κ3) is 4.05. The van der Waals surface area contributed by atoms with Crippen molar-refractivity contribution in [2.24, 2.45) is 0 Å². The Morgan fingerprint density at radius 2 is 2.10 bits per heavy atom. The zero-order valence-electron chi connectivity index (χ0n) is 10.6. The molecule has 2 heterocycles. The molecule has 0 saturated carbocycles. The first-order valence-electron chi connectivity index (χ1n) is 5.68. The molecule has 2 rings (SSSR count). The highest BCUT2D eigenvalue weighted by atomic mass is 35.5. The minimum atomic E-state index is -3.32. The summed E-state index contributed by atoms with van der Waals surface area (Å²) < 4.78 is 23.7. The Labute approximate surface area is 130 Å². The highest BCUT2D eigenvalue weighted by Crippen LogP contribution is 2.28. The molecule has 8 heteroatoms. The molecule has 20 heavy (non-hydrogen) atoms. The number of rotatable bonds is 5. The summed E-state index contributed by atoms with van der Waals surface area (Å²) in [5.41, 5.74) is 0. The number of amides is 1. The number of thiophene rings is 2. The second-order valence-electron chi connectivity index (χ2n) is 4.14. The molecular formula is C12H12ClNO3S3. The van der Waals surface area contributed by atoms with Crippen LogP contribution in [0.3, 0.4) is 0 Å². The zero-order valence-corrected chi connectivity index (χ0v) is 13.8. The molecule has 1 N–H and O–H groups in total. The van der Waals surface area contributed by atoms with Crippen molar-refractivity contribution < 1.29 is 13.2 Å². The maximum absolute atomic E-state index is 11.8. The lowest BCUT2D eigenvalue weighted by molar-refractivity contribution is -0.116. The van der Waals surface area contributed by atoms with Gasteiger partial charge in [-0.3, -0.25) is 4.79 Å². The smallest absolute Gasteiger partial charge is 0.225 e. The van der Waals surface area contributed by atoms with Crippen molar-refractivity contribution >= 4 is 55.0 Å². The summed E-state index contributed by atoms with van der Waals surface area (Å²) >= 11 is 8.45. The first-order chi connectivity index (χ1) is 9.36. The van der Waals surface area contributed by atoms with E-state index >= 15 is 0 Å². The Morgan fingerprint density at radius 3 is 2.70 bits per heavy atom. The van der Waals surface area contributed by atoms with Gasteiger partial charge < -0.3 is 5.32 Å². The molecule has 2 aromatic heterocycles. The molecule has 0 spiro atoms. The molecule has 108 valence electrons. The van der Waals surface area contributed by atoms with Gasteiger partial charge in [0, 0.05) is 17.6 Å². The fraction of sp³-hybridized carbons (Fsp3) is 0.250. The molecule has 0 aliphatic heterocycles. The van der Waals surface area contributed by atoms with Crippen LogP contribution < -0.4 is 5.32 Å². The molecule has 0 bridgehead atoms. The fourth-order valence-corrected chi connectivity index (χ4v) is 4.76. The lowest BCUT2D eigenvalue weighted by Gasteiger charge is -2.04. The van der Waals surface area contributed by atoms with Crippen LogP contribution in [0.2, 0.25) is 4.34 Å². The maximum Gasteiger partial charge on any atom is 0.225 e. The van der Waals surface area contributed by atoms with Crippen LogP contribution in [-0.4, -0.2) is 20.6 Å². The lowest BCUT2D eigenvalue weighted by Crippen LogP contribution is -2.13. The molecule has 0 aromatic carbocycles. The summed E-state index contributed by atoms with van der Waals surface area (Å²) in [5, 5.41) is 4.67. The van der Waals surface area contributed by atoms with Gasteiger partial charge in [-0.05, 0) is 30.0 Å². The summed E-state index contributed by atoms with van der Waals surface area (Å²) in [4.78, 5) is 13.0. The first kappa shape index (κ1) is 15.5. The standard InChI is InChI=1S/C12H12ClNO3S3/c1-20(16,17)9-6-7-18-12(9)14-11(15)5-3-8-2-4-10(13)19-8/h2,4,6-7H,3,5H2,1H3,(H,14,15). The molecule has 0 unspecified atom stereocenters. The quantitative estimate of drug-likeness (QED) is 0.899. The van der Waals surface area contributed by atoms with Gasteiger partial charge in [-0.15, -0.1) is 22.7 Å². The lowest BCUT2D eigenvalue weighted by atomic mass is 10.2. The zero-order chi connectivity index (χ0) is 14.8. The Hall–Kier alpha value is -0.890. The van der Waals surface area contributed by atoms with Crippen LogP contribution in [0.25, 0.3) is 0 Å². The van der Waals surface area contributed by atoms with Crippen molar-refractivity contribution in [3.05, 3.63) is 32.8 Å². The van der Waals surface area contributed by atoms with Gasteiger partial charge in [0.05, 0.1) is 4.34 Å². The third-order valence-electron chi connectivity index (χ3n) is 2.51. The second-order valence-corrected chi connectivity index (χ2v) is 8.84. The van der Waals surface area contributed by atoms with Crippen LogP contribution >= 0.6 is 34.3 Å². The highest BCUT2D eigenvalue weighted by molar-refractivity contribution is 7.91. The first-order valence-corrected chi connectivity index (χ1v) is 9.64. The molecule has 0 saturated heterocycles. The van der Waals surface area contributed by atoms with Gasteiger partial charge in [0.25, 0.3) is 0 Å². The Balaban J connectivity index is 1.97. The summed E-state index contributed by atoms with van der Waals surface area (Å²) in [5.74, 6) is -0.207. The van der Waals surface area contributed by atoms with E-state index in [1.807, 2.05) is 6.07 Å². The second kappa shape index (κ2) is 6.26. The van der Waals surface area contributed by atoms with E-state index in [9.17, 15) is 13.2 Å². The predicted molar refractivity (Wildman–Crippen MR) is 83.7 cm³/mol. The SMILES string of the molecule is CS(=O)(=O)c1ccsc1NC(=O)CCc1ccc(Cl)s1. The molecular weight excluding hydrogens is 338 g/mol. The molecule has 0 fully saturated rings. The van der Waals surface area contributed by atoms with Gasteiger partial charge in [0.15, 0.2) is 9.84 Å². The van der Waals surface area contributed by atoms with Gasteiger partial charge in [0.1, 0.15) is 9.90 Å². The van der Waals surface area contributed by atoms with Crippen molar-refractivity contribution in [1.29, 1.82) is 0 Å². The topological polar surface area (TPSA) is 63.2 Å². The van der Waals surface area contributed by atoms with Crippen LogP contribution in [0.1, 0.15) is 11.3 Å². The molecule has 1 amide bonds. The molecule has 0 aliphatic carbocycles. The predicted octanol–water partition coefficient (Wildman–Crippen LogP) is 3.44. The van der Waals surface area contributed by atoms with E-state index in [-0.39, 0.29) is 17.2 Å². The Bertz CT molecular complexity index is 718. The number of carbonyl (C=O) groups excluding carboxylic acids is 1. The average Bonchev–Trinajstić information content (AvgIpc) is 2.94. The number of halogens is 1. The van der Waals surface area contributed by atoms with Crippen molar-refractivity contribution in [2.45, 2.75) is 17.7 Å². The van der Waals surface area contributed by atoms with E-state index in [0.717, 1.165) is 11.1 Å². The average molecular weight is 350 g/mol. The van der Waals surface area contributed by atoms with Crippen LogP contribution in [0.4, 0.5) is 5.00 Å². The minimum absolute atomic E-state index is 0.162. The number of sulfone groups is 1. The van der Waals surface area contributed by atoms with E-state index in [0.29, 0.717) is 15.8 Å². The summed E-state index contributed by atoms with van der Waals surface area (Å²) in [6.45, 7) is 0. The van der Waals surface area contributed by atoms with Crippen molar-refractivity contribution in [2.75, 3.05) is 11.6 Å². The monoisotopic (exact) mass is 349 g/mol. The maximum atomic E-state index is 11.8. The number of nitrogens with one attached hydrogen (secondary N) is 1. The van der Waals surface area contributed by atoms with Crippen molar-refractivity contribution in [3.8, 4) is 0 Å². The van der Waals surface area contributed by atoms with Crippen LogP contribution in [0, 0.1) is 0 Å². The number of hydrogen-bond acceptors (Lipinski definition) is 5. The van der Waals surface area contributed by atoms with E-state index in [1.54, 1.807) is 11.4 Å². The van der Waals surface area contributed by atoms with Gasteiger partial charge in [-0.1, -0.05) is 11.6 Å². The molecule has 0 atom stereocenters. The van der Waals surface area contributed by atoms with Gasteiger partial charge in [-0.2, -0.15) is 0 Å². The Morgan fingerprint density at radius 1 is 1.35 bits per heavy atom. The molecule has 0 radical (unpaired) electrons. The third-order valence-corrected chi connectivity index (χ3v) is 5.90. The van der Waals surface area contributed by atoms with E-state index in [2.05, 4.69) is 5.32 Å². The fourth-order valence-electron chi connectivity index (χ4n) is 1.59. The summed E-state index contributed by atoms with van der Waals surface area (Å²) in [6.07, 6.45) is 2.00. The van der Waals surface area contributed by atoms with Gasteiger partial charge >= 0.3 is 0 Å². The van der Waals surface area contributed by atoms with Gasteiger partial charge in [-0.25, -0.2) is 8.42 Å². The summed E-state index contributed by atoms with van der Waals surface area (Å²) in [6, 6.07) is 5.17. The number of carbonyl (C=O) groups is 1. The normalized spacial score (nSPS) is 11.5. The van der Waals surface area contributed by atoms with Gasteiger partial charge in [0.2, 0.25) is 5.91 Å². The van der Waals surface area contributed by atoms with E-state index < -0.39 is 9.84 Å². The van der Waals surface area contributed by atoms with E-state index in [1.165, 1.54) is 28.7 Å². The number of anilines is 1. The minimum Gasteiger partial charge on any atom is -0.317 e. The highest BCUT2D eigenvalue weighted by Gasteiger charge is 2.16. The molecule has 2 aromatic rings. The number of hydrogen-bond donors (Lipinski definition) is 1.